The average molecular weight is 164 g/mol. The molecule has 12 heavy (non-hydrogen) atoms. The molecule has 0 fully saturated rings. The quantitative estimate of drug-likeness (QED) is 0.636. The monoisotopic (exact) mass is 164 g/mol. The highest BCUT2D eigenvalue weighted by Gasteiger charge is 2.15. The van der Waals surface area contributed by atoms with Gasteiger partial charge in [0.05, 0.1) is 0 Å². The van der Waals surface area contributed by atoms with Gasteiger partial charge in [-0.1, -0.05) is 19.6 Å². The van der Waals surface area contributed by atoms with Gasteiger partial charge in [-0.3, -0.25) is 0 Å². The van der Waals surface area contributed by atoms with E-state index in [9.17, 15) is 0 Å². The normalized spacial score (nSPS) is 23.2. The Kier molecular flexibility index (Phi) is 3.09. The smallest absolute Gasteiger partial charge is 0.128 e. The maximum absolute atomic E-state index is 3.95. The number of nitrogens with zero attached hydrogens (tertiary/aromatic N) is 1. The molecule has 0 bridgehead atoms. The van der Waals surface area contributed by atoms with Crippen LogP contribution in [0.3, 0.4) is 0 Å². The van der Waals surface area contributed by atoms with Gasteiger partial charge in [0.25, 0.3) is 0 Å². The lowest BCUT2D eigenvalue weighted by Crippen LogP contribution is -2.31. The van der Waals surface area contributed by atoms with Crippen LogP contribution in [-0.4, -0.2) is 12.8 Å². The van der Waals surface area contributed by atoms with Gasteiger partial charge in [0, 0.05) is 6.04 Å². The lowest BCUT2D eigenvalue weighted by molar-refractivity contribution is 0.481. The molecule has 1 aliphatic rings. The highest BCUT2D eigenvalue weighted by molar-refractivity contribution is 5.34. The van der Waals surface area contributed by atoms with Crippen molar-refractivity contribution in [3.05, 3.63) is 24.0 Å². The van der Waals surface area contributed by atoms with Gasteiger partial charge in [0.15, 0.2) is 0 Å². The summed E-state index contributed by atoms with van der Waals surface area (Å²) in [6, 6.07) is 0.564. The van der Waals surface area contributed by atoms with Crippen molar-refractivity contribution in [1.82, 2.24) is 5.32 Å². The number of hydrogen-bond donors (Lipinski definition) is 1. The molecule has 0 aromatic heterocycles. The Morgan fingerprint density at radius 1 is 1.75 bits per heavy atom. The van der Waals surface area contributed by atoms with Crippen LogP contribution in [0.1, 0.15) is 26.2 Å². The zero-order chi connectivity index (χ0) is 8.97. The van der Waals surface area contributed by atoms with E-state index in [1.807, 2.05) is 6.08 Å². The van der Waals surface area contributed by atoms with Crippen molar-refractivity contribution >= 4 is 6.72 Å². The molecule has 0 unspecified atom stereocenters. The Morgan fingerprint density at radius 3 is 3.00 bits per heavy atom. The van der Waals surface area contributed by atoms with E-state index in [0.717, 1.165) is 18.7 Å². The summed E-state index contributed by atoms with van der Waals surface area (Å²) in [5, 5.41) is 3.33. The third-order valence-electron chi connectivity index (χ3n) is 2.30. The van der Waals surface area contributed by atoms with Gasteiger partial charge in [-0.25, -0.2) is 4.99 Å². The van der Waals surface area contributed by atoms with Crippen molar-refractivity contribution in [2.24, 2.45) is 4.99 Å². The molecule has 0 saturated carbocycles. The van der Waals surface area contributed by atoms with Crippen LogP contribution >= 0.6 is 0 Å². The van der Waals surface area contributed by atoms with Gasteiger partial charge < -0.3 is 5.32 Å². The molecule has 0 spiro atoms. The van der Waals surface area contributed by atoms with E-state index in [0.29, 0.717) is 6.04 Å². The summed E-state index contributed by atoms with van der Waals surface area (Å²) in [6.07, 6.45) is 5.26. The molecule has 0 aliphatic carbocycles. The van der Waals surface area contributed by atoms with Crippen LogP contribution in [0.25, 0.3) is 0 Å². The fourth-order valence-electron chi connectivity index (χ4n) is 1.46. The highest BCUT2D eigenvalue weighted by Crippen LogP contribution is 2.20. The van der Waals surface area contributed by atoms with Crippen LogP contribution in [0, 0.1) is 0 Å². The average Bonchev–Trinajstić information content (AvgIpc) is 2.16. The molecule has 0 amide bonds. The second-order valence-electron chi connectivity index (χ2n) is 3.02. The second-order valence-corrected chi connectivity index (χ2v) is 3.02. The van der Waals surface area contributed by atoms with E-state index >= 15 is 0 Å². The molecule has 0 saturated heterocycles. The number of hydrogen-bond acceptors (Lipinski definition) is 2. The summed E-state index contributed by atoms with van der Waals surface area (Å²) in [4.78, 5) is 3.95. The Bertz CT molecular complexity index is 216. The minimum atomic E-state index is 0.564. The highest BCUT2D eigenvalue weighted by atomic mass is 15.1. The van der Waals surface area contributed by atoms with Crippen LogP contribution in [-0.2, 0) is 0 Å². The summed E-state index contributed by atoms with van der Waals surface area (Å²) >= 11 is 0. The number of aliphatic imine (C=N–C) groups is 1. The molecule has 0 radical (unpaired) electrons. The van der Waals surface area contributed by atoms with Crippen LogP contribution in [0.5, 0.6) is 0 Å². The molecule has 0 aromatic rings. The summed E-state index contributed by atoms with van der Waals surface area (Å²) in [5.74, 6) is 0.920. The lowest BCUT2D eigenvalue weighted by atomic mass is 9.99. The molecule has 1 rings (SSSR count). The second kappa shape index (κ2) is 4.10. The fourth-order valence-corrected chi connectivity index (χ4v) is 1.46. The minimum absolute atomic E-state index is 0.564. The zero-order valence-electron chi connectivity index (χ0n) is 7.64. The molecular weight excluding hydrogens is 148 g/mol. The first-order valence-electron chi connectivity index (χ1n) is 4.40. The van der Waals surface area contributed by atoms with E-state index in [4.69, 9.17) is 0 Å². The topological polar surface area (TPSA) is 24.4 Å². The molecule has 1 N–H and O–H groups in total. The molecule has 1 aliphatic heterocycles. The van der Waals surface area contributed by atoms with Crippen molar-refractivity contribution < 1.29 is 0 Å². The first-order valence-corrected chi connectivity index (χ1v) is 4.40. The van der Waals surface area contributed by atoms with Gasteiger partial charge in [-0.15, -0.1) is 0 Å². The predicted octanol–water partition coefficient (Wildman–Crippen LogP) is 2.25. The van der Waals surface area contributed by atoms with Crippen LogP contribution in [0.4, 0.5) is 0 Å². The first-order chi connectivity index (χ1) is 5.81. The molecule has 2 nitrogen and oxygen atoms in total. The SMILES string of the molecule is C=CC1=C(N=C)N[C@@H](CC)CC1. The van der Waals surface area contributed by atoms with Gasteiger partial charge in [-0.2, -0.15) is 0 Å². The van der Waals surface area contributed by atoms with E-state index in [-0.39, 0.29) is 0 Å². The van der Waals surface area contributed by atoms with Crippen molar-refractivity contribution in [3.8, 4) is 0 Å². The zero-order valence-corrected chi connectivity index (χ0v) is 7.64. The van der Waals surface area contributed by atoms with Crippen molar-refractivity contribution in [2.45, 2.75) is 32.2 Å². The first kappa shape index (κ1) is 9.04. The summed E-state index contributed by atoms with van der Waals surface area (Å²) < 4.78 is 0. The Hall–Kier alpha value is -1.05. The molecule has 0 aromatic carbocycles. The Morgan fingerprint density at radius 2 is 2.50 bits per heavy atom. The molecule has 1 atom stereocenters. The number of allylic oxidation sites excluding steroid dienone is 2. The van der Waals surface area contributed by atoms with Gasteiger partial charge in [-0.05, 0) is 31.6 Å². The Labute approximate surface area is 74.1 Å². The van der Waals surface area contributed by atoms with Crippen LogP contribution < -0.4 is 5.32 Å². The van der Waals surface area contributed by atoms with Crippen molar-refractivity contribution in [2.75, 3.05) is 0 Å². The maximum Gasteiger partial charge on any atom is 0.128 e. The van der Waals surface area contributed by atoms with Gasteiger partial charge in [0.1, 0.15) is 5.82 Å². The third-order valence-corrected chi connectivity index (χ3v) is 2.30. The van der Waals surface area contributed by atoms with Crippen LogP contribution in [0.2, 0.25) is 0 Å². The molecule has 1 heterocycles. The van der Waals surface area contributed by atoms with E-state index in [2.05, 4.69) is 30.5 Å². The molecule has 66 valence electrons. The van der Waals surface area contributed by atoms with Crippen molar-refractivity contribution in [1.29, 1.82) is 0 Å². The minimum Gasteiger partial charge on any atom is -0.367 e. The van der Waals surface area contributed by atoms with Gasteiger partial charge in [0.2, 0.25) is 0 Å². The number of rotatable bonds is 3. The Balaban J connectivity index is 2.76. The predicted molar refractivity (Wildman–Crippen MR) is 53.2 cm³/mol. The van der Waals surface area contributed by atoms with E-state index in [1.54, 1.807) is 0 Å². The van der Waals surface area contributed by atoms with Crippen molar-refractivity contribution in [3.63, 3.8) is 0 Å². The summed E-state index contributed by atoms with van der Waals surface area (Å²) in [5.41, 5.74) is 1.19. The van der Waals surface area contributed by atoms with E-state index in [1.165, 1.54) is 12.0 Å². The largest absolute Gasteiger partial charge is 0.367 e. The maximum atomic E-state index is 3.95. The molecule has 2 heteroatoms. The third kappa shape index (κ3) is 1.76. The van der Waals surface area contributed by atoms with E-state index < -0.39 is 0 Å². The summed E-state index contributed by atoms with van der Waals surface area (Å²) in [7, 11) is 0. The fraction of sp³-hybridized carbons (Fsp3) is 0.500. The number of nitrogens with one attached hydrogen (secondary N) is 1. The molecular formula is C10H16N2. The lowest BCUT2D eigenvalue weighted by Gasteiger charge is -2.25. The summed E-state index contributed by atoms with van der Waals surface area (Å²) in [6.45, 7) is 9.46. The van der Waals surface area contributed by atoms with Crippen LogP contribution in [0.15, 0.2) is 29.0 Å². The standard InChI is InChI=1S/C10H16N2/c1-4-8-6-7-9(5-2)12-10(8)11-3/h4,9,12H,1,3,5-7H2,2H3/t9-/m0/s1. The van der Waals surface area contributed by atoms with Gasteiger partial charge >= 0.3 is 0 Å².